The Bertz CT molecular complexity index is 1010. The average molecular weight is 342 g/mol. The first-order chi connectivity index (χ1) is 11.4. The molecule has 0 unspecified atom stereocenters. The third-order valence-electron chi connectivity index (χ3n) is 3.86. The maximum Gasteiger partial charge on any atom is 0.262 e. The Kier molecular flexibility index (Phi) is 4.15. The Morgan fingerprint density at radius 1 is 1.04 bits per heavy atom. The van der Waals surface area contributed by atoms with Crippen molar-refractivity contribution >= 4 is 26.6 Å². The molecule has 0 aliphatic rings. The van der Waals surface area contributed by atoms with Crippen LogP contribution in [0.4, 0.5) is 5.69 Å². The Morgan fingerprint density at radius 3 is 2.54 bits per heavy atom. The molecule has 0 saturated carbocycles. The highest BCUT2D eigenvalue weighted by molar-refractivity contribution is 7.92. The van der Waals surface area contributed by atoms with Crippen LogP contribution in [0, 0.1) is 13.8 Å². The molecule has 24 heavy (non-hydrogen) atoms. The molecule has 0 radical (unpaired) electrons. The number of anilines is 1. The third-order valence-corrected chi connectivity index (χ3v) is 5.37. The van der Waals surface area contributed by atoms with Crippen molar-refractivity contribution in [3.63, 3.8) is 0 Å². The van der Waals surface area contributed by atoms with Crippen molar-refractivity contribution in [3.05, 3.63) is 59.8 Å². The number of aryl methyl sites for hydroxylation is 2. The SMILES string of the molecule is COc1cc(C)c(S(=O)(=O)Nc2cccc3cccnc23)cc1C. The standard InChI is InChI=1S/C18H18N2O3S/c1-12-11-17(13(2)10-16(12)23-3)24(21,22)20-15-8-4-6-14-7-5-9-19-18(14)15/h4-11,20H,1-3H3. The Labute approximate surface area is 141 Å². The molecular formula is C18H18N2O3S. The van der Waals surface area contributed by atoms with Gasteiger partial charge in [0.2, 0.25) is 0 Å². The largest absolute Gasteiger partial charge is 0.496 e. The lowest BCUT2D eigenvalue weighted by Gasteiger charge is -2.14. The van der Waals surface area contributed by atoms with E-state index >= 15 is 0 Å². The van der Waals surface area contributed by atoms with Gasteiger partial charge in [-0.15, -0.1) is 0 Å². The second-order valence-electron chi connectivity index (χ2n) is 5.57. The topological polar surface area (TPSA) is 68.3 Å². The maximum absolute atomic E-state index is 12.8. The minimum atomic E-state index is -3.73. The lowest BCUT2D eigenvalue weighted by molar-refractivity contribution is 0.411. The summed E-state index contributed by atoms with van der Waals surface area (Å²) >= 11 is 0. The number of ether oxygens (including phenoxy) is 1. The fourth-order valence-electron chi connectivity index (χ4n) is 2.66. The Balaban J connectivity index is 2.07. The van der Waals surface area contributed by atoms with Crippen LogP contribution >= 0.6 is 0 Å². The van der Waals surface area contributed by atoms with E-state index in [1.54, 1.807) is 44.5 Å². The van der Waals surface area contributed by atoms with Gasteiger partial charge in [0.1, 0.15) is 5.75 Å². The van der Waals surface area contributed by atoms with E-state index in [4.69, 9.17) is 4.74 Å². The Hall–Kier alpha value is -2.60. The van der Waals surface area contributed by atoms with Crippen molar-refractivity contribution in [1.29, 1.82) is 0 Å². The Morgan fingerprint density at radius 2 is 1.79 bits per heavy atom. The van der Waals surface area contributed by atoms with E-state index in [-0.39, 0.29) is 4.90 Å². The second kappa shape index (κ2) is 6.13. The molecular weight excluding hydrogens is 324 g/mol. The number of hydrogen-bond donors (Lipinski definition) is 1. The molecule has 0 aliphatic carbocycles. The van der Waals surface area contributed by atoms with Crippen molar-refractivity contribution in [1.82, 2.24) is 4.98 Å². The van der Waals surface area contributed by atoms with Crippen molar-refractivity contribution in [3.8, 4) is 5.75 Å². The first-order valence-corrected chi connectivity index (χ1v) is 8.92. The molecule has 0 bridgehead atoms. The molecule has 2 aromatic carbocycles. The quantitative estimate of drug-likeness (QED) is 0.785. The van der Waals surface area contributed by atoms with E-state index in [2.05, 4.69) is 9.71 Å². The van der Waals surface area contributed by atoms with Crippen LogP contribution in [0.1, 0.15) is 11.1 Å². The van der Waals surface area contributed by atoms with Gasteiger partial charge in [-0.2, -0.15) is 0 Å². The van der Waals surface area contributed by atoms with Gasteiger partial charge in [0.05, 0.1) is 23.2 Å². The monoisotopic (exact) mass is 342 g/mol. The van der Waals surface area contributed by atoms with Crippen LogP contribution < -0.4 is 9.46 Å². The van der Waals surface area contributed by atoms with E-state index in [1.165, 1.54) is 0 Å². The molecule has 0 spiro atoms. The number of hydrogen-bond acceptors (Lipinski definition) is 4. The number of aromatic nitrogens is 1. The smallest absolute Gasteiger partial charge is 0.262 e. The van der Waals surface area contributed by atoms with Crippen molar-refractivity contribution in [2.45, 2.75) is 18.7 Å². The summed E-state index contributed by atoms with van der Waals surface area (Å²) in [7, 11) is -2.16. The van der Waals surface area contributed by atoms with Gasteiger partial charge in [-0.25, -0.2) is 8.42 Å². The van der Waals surface area contributed by atoms with Gasteiger partial charge in [-0.05, 0) is 49.2 Å². The summed E-state index contributed by atoms with van der Waals surface area (Å²) in [6.45, 7) is 3.56. The zero-order valence-corrected chi connectivity index (χ0v) is 14.5. The lowest BCUT2D eigenvalue weighted by atomic mass is 10.1. The molecule has 6 heteroatoms. The number of nitrogens with zero attached hydrogens (tertiary/aromatic N) is 1. The van der Waals surface area contributed by atoms with Crippen LogP contribution in [0.25, 0.3) is 10.9 Å². The van der Waals surface area contributed by atoms with Gasteiger partial charge in [-0.1, -0.05) is 18.2 Å². The first kappa shape index (κ1) is 16.3. The molecule has 0 saturated heterocycles. The van der Waals surface area contributed by atoms with E-state index < -0.39 is 10.0 Å². The van der Waals surface area contributed by atoms with E-state index in [0.717, 1.165) is 10.9 Å². The first-order valence-electron chi connectivity index (χ1n) is 7.44. The summed E-state index contributed by atoms with van der Waals surface area (Å²) in [6, 6.07) is 12.5. The summed E-state index contributed by atoms with van der Waals surface area (Å²) in [5.41, 5.74) is 2.46. The van der Waals surface area contributed by atoms with Gasteiger partial charge in [-0.3, -0.25) is 9.71 Å². The highest BCUT2D eigenvalue weighted by Gasteiger charge is 2.20. The van der Waals surface area contributed by atoms with Gasteiger partial charge in [0, 0.05) is 11.6 Å². The van der Waals surface area contributed by atoms with Crippen molar-refractivity contribution in [2.24, 2.45) is 0 Å². The zero-order chi connectivity index (χ0) is 17.3. The number of para-hydroxylation sites is 1. The van der Waals surface area contributed by atoms with Crippen molar-refractivity contribution < 1.29 is 13.2 Å². The predicted octanol–water partition coefficient (Wildman–Crippen LogP) is 3.66. The van der Waals surface area contributed by atoms with Crippen LogP contribution in [0.3, 0.4) is 0 Å². The average Bonchev–Trinajstić information content (AvgIpc) is 2.56. The van der Waals surface area contributed by atoms with E-state index in [9.17, 15) is 8.42 Å². The fourth-order valence-corrected chi connectivity index (χ4v) is 4.04. The van der Waals surface area contributed by atoms with Gasteiger partial charge in [0.25, 0.3) is 10.0 Å². The summed E-state index contributed by atoms with van der Waals surface area (Å²) < 4.78 is 33.6. The highest BCUT2D eigenvalue weighted by Crippen LogP contribution is 2.28. The van der Waals surface area contributed by atoms with Crippen molar-refractivity contribution in [2.75, 3.05) is 11.8 Å². The summed E-state index contributed by atoms with van der Waals surface area (Å²) in [4.78, 5) is 4.51. The predicted molar refractivity (Wildman–Crippen MR) is 95.0 cm³/mol. The molecule has 0 aliphatic heterocycles. The maximum atomic E-state index is 12.8. The molecule has 3 rings (SSSR count). The normalized spacial score (nSPS) is 11.5. The minimum absolute atomic E-state index is 0.230. The van der Waals surface area contributed by atoms with Gasteiger partial charge >= 0.3 is 0 Å². The highest BCUT2D eigenvalue weighted by atomic mass is 32.2. The van der Waals surface area contributed by atoms with Gasteiger partial charge < -0.3 is 4.74 Å². The van der Waals surface area contributed by atoms with Crippen LogP contribution in [0.2, 0.25) is 0 Å². The summed E-state index contributed by atoms with van der Waals surface area (Å²) in [5, 5.41) is 0.875. The van der Waals surface area contributed by atoms with E-state index in [0.29, 0.717) is 22.5 Å². The molecule has 1 N–H and O–H groups in total. The molecule has 1 heterocycles. The zero-order valence-electron chi connectivity index (χ0n) is 13.7. The molecule has 0 amide bonds. The summed E-state index contributed by atoms with van der Waals surface area (Å²) in [6.07, 6.45) is 1.64. The number of rotatable bonds is 4. The molecule has 0 fully saturated rings. The fraction of sp³-hybridized carbons (Fsp3) is 0.167. The van der Waals surface area contributed by atoms with Crippen LogP contribution in [0.5, 0.6) is 5.75 Å². The lowest BCUT2D eigenvalue weighted by Crippen LogP contribution is -2.15. The molecule has 5 nitrogen and oxygen atoms in total. The number of sulfonamides is 1. The number of methoxy groups -OCH3 is 1. The third kappa shape index (κ3) is 2.92. The molecule has 1 aromatic heterocycles. The van der Waals surface area contributed by atoms with Crippen LogP contribution in [0.15, 0.2) is 53.6 Å². The van der Waals surface area contributed by atoms with E-state index in [1.807, 2.05) is 25.1 Å². The van der Waals surface area contributed by atoms with Crippen LogP contribution in [-0.2, 0) is 10.0 Å². The number of benzene rings is 2. The molecule has 124 valence electrons. The minimum Gasteiger partial charge on any atom is -0.496 e. The number of nitrogens with one attached hydrogen (secondary N) is 1. The molecule has 0 atom stereocenters. The van der Waals surface area contributed by atoms with Crippen LogP contribution in [-0.4, -0.2) is 20.5 Å². The molecule has 3 aromatic rings. The number of fused-ring (bicyclic) bond motifs is 1. The van der Waals surface area contributed by atoms with Gasteiger partial charge in [0.15, 0.2) is 0 Å². The second-order valence-corrected chi connectivity index (χ2v) is 7.22. The number of pyridine rings is 1. The summed E-state index contributed by atoms with van der Waals surface area (Å²) in [5.74, 6) is 0.665.